The van der Waals surface area contributed by atoms with Gasteiger partial charge in [-0.25, -0.2) is 14.4 Å². The molecule has 2 aliphatic heterocycles. The number of carbonyl (C=O) groups is 3. The molecular formula is C33H28O10. The molecule has 3 N–H and O–H groups in total. The smallest absolute Gasteiger partial charge is 0.336 e. The van der Waals surface area contributed by atoms with E-state index in [2.05, 4.69) is 0 Å². The number of aromatic carboxylic acids is 3. The Balaban J connectivity index is 0.000000351. The molecule has 2 heterocycles. The van der Waals surface area contributed by atoms with Crippen LogP contribution in [0.2, 0.25) is 0 Å². The first kappa shape index (κ1) is 29.3. The zero-order valence-electron chi connectivity index (χ0n) is 22.8. The van der Waals surface area contributed by atoms with Crippen molar-refractivity contribution in [3.05, 3.63) is 108 Å². The van der Waals surface area contributed by atoms with E-state index >= 15 is 0 Å². The average Bonchev–Trinajstić information content (AvgIpc) is 3.95. The molecule has 0 amide bonds. The lowest BCUT2D eigenvalue weighted by Crippen LogP contribution is -2.06. The van der Waals surface area contributed by atoms with E-state index in [1.165, 1.54) is 12.1 Å². The highest BCUT2D eigenvalue weighted by molar-refractivity contribution is 5.98. The van der Waals surface area contributed by atoms with E-state index < -0.39 is 17.9 Å². The normalized spacial score (nSPS) is 16.3. The molecule has 43 heavy (non-hydrogen) atoms. The van der Waals surface area contributed by atoms with Crippen LogP contribution in [-0.4, -0.2) is 71.9 Å². The van der Waals surface area contributed by atoms with Crippen LogP contribution in [0.1, 0.15) is 31.1 Å². The number of hydrogen-bond acceptors (Lipinski definition) is 7. The predicted molar refractivity (Wildman–Crippen MR) is 155 cm³/mol. The number of carboxylic acids is 3. The number of ether oxygens (including phenoxy) is 4. The summed E-state index contributed by atoms with van der Waals surface area (Å²) in [6.07, 6.45) is 0.170. The second kappa shape index (κ2) is 13.2. The number of benzene rings is 4. The molecule has 2 aliphatic rings. The zero-order valence-corrected chi connectivity index (χ0v) is 22.8. The van der Waals surface area contributed by atoms with Crippen molar-refractivity contribution in [3.8, 4) is 33.8 Å². The Labute approximate surface area is 246 Å². The van der Waals surface area contributed by atoms with Gasteiger partial charge < -0.3 is 34.3 Å². The predicted octanol–water partition coefficient (Wildman–Crippen LogP) is 5.36. The van der Waals surface area contributed by atoms with Crippen LogP contribution in [0.15, 0.2) is 91.0 Å². The Bertz CT molecular complexity index is 1510. The van der Waals surface area contributed by atoms with Gasteiger partial charge in [-0.2, -0.15) is 0 Å². The van der Waals surface area contributed by atoms with Crippen molar-refractivity contribution < 1.29 is 48.7 Å². The SMILES string of the molecule is O=C(O)c1ccc(OCC2CO2)cc1-c1ccc(-c2cc(OCC3CO3)ccc2C(=O)O)cc1.O=C(O)c1ccccc1. The second-order valence-electron chi connectivity index (χ2n) is 9.81. The summed E-state index contributed by atoms with van der Waals surface area (Å²) in [6.45, 7) is 2.16. The summed E-state index contributed by atoms with van der Waals surface area (Å²) in [5.74, 6) is -1.87. The van der Waals surface area contributed by atoms with Crippen LogP contribution in [0.4, 0.5) is 0 Å². The van der Waals surface area contributed by atoms with Gasteiger partial charge in [-0.1, -0.05) is 42.5 Å². The van der Waals surface area contributed by atoms with Gasteiger partial charge in [0.15, 0.2) is 0 Å². The van der Waals surface area contributed by atoms with Crippen LogP contribution in [0.3, 0.4) is 0 Å². The minimum absolute atomic E-state index is 0.0851. The van der Waals surface area contributed by atoms with Crippen LogP contribution in [-0.2, 0) is 9.47 Å². The van der Waals surface area contributed by atoms with E-state index in [0.29, 0.717) is 65.7 Å². The minimum atomic E-state index is -1.05. The van der Waals surface area contributed by atoms with E-state index in [4.69, 9.17) is 24.1 Å². The molecule has 220 valence electrons. The molecule has 2 saturated heterocycles. The standard InChI is InChI=1S/C26H22O8.C7H6O2/c27-25(28)21-7-5-17(31-11-19-13-33-19)9-23(21)15-1-2-16(4-3-15)24-10-18(32-12-20-14-34-20)6-8-22(24)26(29)30;8-7(9)6-4-2-1-3-5-6/h1-10,19-20H,11-14H2,(H,27,28)(H,29,30);1-5H,(H,8,9). The van der Waals surface area contributed by atoms with Crippen LogP contribution in [0, 0.1) is 0 Å². The largest absolute Gasteiger partial charge is 0.491 e. The van der Waals surface area contributed by atoms with Crippen molar-refractivity contribution in [2.24, 2.45) is 0 Å². The summed E-state index contributed by atoms with van der Waals surface area (Å²) < 4.78 is 21.7. The van der Waals surface area contributed by atoms with Gasteiger partial charge in [0, 0.05) is 0 Å². The second-order valence-corrected chi connectivity index (χ2v) is 9.81. The molecule has 2 unspecified atom stereocenters. The summed E-state index contributed by atoms with van der Waals surface area (Å²) in [5, 5.41) is 27.7. The zero-order chi connectivity index (χ0) is 30.3. The Kier molecular flexibility index (Phi) is 8.99. The van der Waals surface area contributed by atoms with Gasteiger partial charge in [-0.15, -0.1) is 0 Å². The Morgan fingerprint density at radius 1 is 0.605 bits per heavy atom. The number of epoxide rings is 2. The minimum Gasteiger partial charge on any atom is -0.491 e. The van der Waals surface area contributed by atoms with Gasteiger partial charge in [0.2, 0.25) is 0 Å². The van der Waals surface area contributed by atoms with Crippen LogP contribution in [0.5, 0.6) is 11.5 Å². The average molecular weight is 585 g/mol. The fourth-order valence-electron chi connectivity index (χ4n) is 4.19. The maximum absolute atomic E-state index is 11.8. The highest BCUT2D eigenvalue weighted by Crippen LogP contribution is 2.33. The van der Waals surface area contributed by atoms with Crippen LogP contribution >= 0.6 is 0 Å². The Morgan fingerprint density at radius 2 is 1.02 bits per heavy atom. The van der Waals surface area contributed by atoms with Crippen molar-refractivity contribution in [2.75, 3.05) is 26.4 Å². The molecule has 0 saturated carbocycles. The van der Waals surface area contributed by atoms with Gasteiger partial charge in [-0.05, 0) is 70.8 Å². The third kappa shape index (κ3) is 7.97. The van der Waals surface area contributed by atoms with E-state index in [0.717, 1.165) is 0 Å². The summed E-state index contributed by atoms with van der Waals surface area (Å²) in [6, 6.07) is 25.0. The first-order valence-corrected chi connectivity index (χ1v) is 13.4. The summed E-state index contributed by atoms with van der Waals surface area (Å²) >= 11 is 0. The van der Waals surface area contributed by atoms with E-state index in [-0.39, 0.29) is 23.3 Å². The molecule has 0 radical (unpaired) electrons. The molecule has 4 aromatic carbocycles. The van der Waals surface area contributed by atoms with Crippen LogP contribution < -0.4 is 9.47 Å². The van der Waals surface area contributed by atoms with E-state index in [1.807, 2.05) is 0 Å². The topological polar surface area (TPSA) is 155 Å². The van der Waals surface area contributed by atoms with Crippen LogP contribution in [0.25, 0.3) is 22.3 Å². The number of carboxylic acid groups (broad SMARTS) is 3. The van der Waals surface area contributed by atoms with Gasteiger partial charge in [0.1, 0.15) is 36.9 Å². The van der Waals surface area contributed by atoms with Gasteiger partial charge in [0.05, 0.1) is 29.9 Å². The number of hydrogen-bond donors (Lipinski definition) is 3. The van der Waals surface area contributed by atoms with Crippen molar-refractivity contribution in [1.82, 2.24) is 0 Å². The Morgan fingerprint density at radius 3 is 1.35 bits per heavy atom. The summed E-state index contributed by atoms with van der Waals surface area (Å²) in [4.78, 5) is 33.8. The first-order valence-electron chi connectivity index (χ1n) is 13.4. The summed E-state index contributed by atoms with van der Waals surface area (Å²) in [7, 11) is 0. The van der Waals surface area contributed by atoms with Crippen molar-refractivity contribution in [2.45, 2.75) is 12.2 Å². The fraction of sp³-hybridized carbons (Fsp3) is 0.182. The van der Waals surface area contributed by atoms with Crippen molar-refractivity contribution >= 4 is 17.9 Å². The molecule has 2 atom stereocenters. The number of rotatable bonds is 11. The van der Waals surface area contributed by atoms with Gasteiger partial charge >= 0.3 is 17.9 Å². The van der Waals surface area contributed by atoms with E-state index in [1.54, 1.807) is 78.9 Å². The molecule has 4 aromatic rings. The molecule has 10 nitrogen and oxygen atoms in total. The Hall–Kier alpha value is -5.19. The summed E-state index contributed by atoms with van der Waals surface area (Å²) in [5.41, 5.74) is 2.98. The molecular weight excluding hydrogens is 556 g/mol. The lowest BCUT2D eigenvalue weighted by molar-refractivity contribution is 0.0686. The highest BCUT2D eigenvalue weighted by atomic mass is 16.6. The monoisotopic (exact) mass is 584 g/mol. The quantitative estimate of drug-likeness (QED) is 0.196. The molecule has 0 spiro atoms. The van der Waals surface area contributed by atoms with Crippen molar-refractivity contribution in [1.29, 1.82) is 0 Å². The first-order chi connectivity index (χ1) is 20.8. The third-order valence-corrected chi connectivity index (χ3v) is 6.65. The maximum Gasteiger partial charge on any atom is 0.336 e. The molecule has 0 bridgehead atoms. The molecule has 0 aliphatic carbocycles. The molecule has 10 heteroatoms. The van der Waals surface area contributed by atoms with Gasteiger partial charge in [0.25, 0.3) is 0 Å². The highest BCUT2D eigenvalue weighted by Gasteiger charge is 2.24. The van der Waals surface area contributed by atoms with E-state index in [9.17, 15) is 24.6 Å². The third-order valence-electron chi connectivity index (χ3n) is 6.65. The molecule has 2 fully saturated rings. The lowest BCUT2D eigenvalue weighted by atomic mass is 9.94. The molecule has 6 rings (SSSR count). The maximum atomic E-state index is 11.8. The lowest BCUT2D eigenvalue weighted by Gasteiger charge is -2.13. The fourth-order valence-corrected chi connectivity index (χ4v) is 4.19. The van der Waals surface area contributed by atoms with Crippen molar-refractivity contribution in [3.63, 3.8) is 0 Å². The molecule has 0 aromatic heterocycles. The van der Waals surface area contributed by atoms with Gasteiger partial charge in [-0.3, -0.25) is 0 Å².